The zero-order valence-corrected chi connectivity index (χ0v) is 13.1. The first-order valence-corrected chi connectivity index (χ1v) is 7.94. The van der Waals surface area contributed by atoms with E-state index in [0.717, 1.165) is 23.9 Å². The van der Waals surface area contributed by atoms with Crippen molar-refractivity contribution in [2.45, 2.75) is 4.90 Å². The van der Waals surface area contributed by atoms with Gasteiger partial charge in [0.25, 0.3) is 0 Å². The van der Waals surface area contributed by atoms with Gasteiger partial charge in [0.05, 0.1) is 17.1 Å². The quantitative estimate of drug-likeness (QED) is 0.720. The zero-order valence-electron chi connectivity index (χ0n) is 12.3. The second-order valence-electron chi connectivity index (χ2n) is 4.77. The van der Waals surface area contributed by atoms with Gasteiger partial charge in [0.15, 0.2) is 11.6 Å². The van der Waals surface area contributed by atoms with E-state index in [1.807, 2.05) is 6.07 Å². The van der Waals surface area contributed by atoms with Gasteiger partial charge in [0, 0.05) is 4.90 Å². The normalized spacial score (nSPS) is 10.6. The number of carbonyl (C=O) groups excluding carboxylic acids is 1. The lowest BCUT2D eigenvalue weighted by atomic mass is 10.2. The maximum Gasteiger partial charge on any atom is 0.234 e. The first-order valence-electron chi connectivity index (χ1n) is 6.95. The lowest BCUT2D eigenvalue weighted by Crippen LogP contribution is -2.15. The summed E-state index contributed by atoms with van der Waals surface area (Å²) in [5, 5.41) is 6.82. The van der Waals surface area contributed by atoms with Gasteiger partial charge < -0.3 is 5.32 Å². The van der Waals surface area contributed by atoms with Crippen LogP contribution in [0.3, 0.4) is 0 Å². The molecule has 3 aromatic rings. The second kappa shape index (κ2) is 7.22. The molecule has 8 heteroatoms. The Morgan fingerprint density at radius 2 is 2.00 bits per heavy atom. The summed E-state index contributed by atoms with van der Waals surface area (Å²) in [4.78, 5) is 16.5. The number of para-hydroxylation sites is 2. The standard InChI is InChI=1S/C16H12F2N4OS/c17-12-6-5-11(7-13(12)18)24-8-16(23)21-14-3-1-2-4-15(14)22-10-19-9-20-22/h1-7,9-10H,8H2,(H,21,23). The number of hydrogen-bond donors (Lipinski definition) is 1. The third-order valence-electron chi connectivity index (χ3n) is 3.10. The summed E-state index contributed by atoms with van der Waals surface area (Å²) in [5.41, 5.74) is 1.26. The summed E-state index contributed by atoms with van der Waals surface area (Å²) in [6.45, 7) is 0. The molecule has 2 aromatic carbocycles. The van der Waals surface area contributed by atoms with E-state index in [2.05, 4.69) is 15.4 Å². The van der Waals surface area contributed by atoms with Crippen LogP contribution in [0.15, 0.2) is 60.0 Å². The summed E-state index contributed by atoms with van der Waals surface area (Å²) >= 11 is 1.12. The molecule has 1 aromatic heterocycles. The topological polar surface area (TPSA) is 59.8 Å². The van der Waals surface area contributed by atoms with Crippen LogP contribution in [0, 0.1) is 11.6 Å². The highest BCUT2D eigenvalue weighted by atomic mass is 32.2. The fourth-order valence-electron chi connectivity index (χ4n) is 2.01. The smallest absolute Gasteiger partial charge is 0.234 e. The van der Waals surface area contributed by atoms with Crippen molar-refractivity contribution in [2.75, 3.05) is 11.1 Å². The van der Waals surface area contributed by atoms with E-state index in [4.69, 9.17) is 0 Å². The number of benzene rings is 2. The van der Waals surface area contributed by atoms with Crippen molar-refractivity contribution in [1.29, 1.82) is 0 Å². The minimum atomic E-state index is -0.933. The Kier molecular flexibility index (Phi) is 4.85. The van der Waals surface area contributed by atoms with Crippen LogP contribution < -0.4 is 5.32 Å². The largest absolute Gasteiger partial charge is 0.323 e. The minimum absolute atomic E-state index is 0.0662. The highest BCUT2D eigenvalue weighted by Crippen LogP contribution is 2.22. The fraction of sp³-hybridized carbons (Fsp3) is 0.0625. The van der Waals surface area contributed by atoms with Gasteiger partial charge in [0.2, 0.25) is 5.91 Å². The van der Waals surface area contributed by atoms with Crippen molar-refractivity contribution in [2.24, 2.45) is 0 Å². The monoisotopic (exact) mass is 346 g/mol. The van der Waals surface area contributed by atoms with Crippen molar-refractivity contribution in [3.8, 4) is 5.69 Å². The number of amides is 1. The van der Waals surface area contributed by atoms with E-state index in [1.54, 1.807) is 18.2 Å². The number of thioether (sulfide) groups is 1. The van der Waals surface area contributed by atoms with Gasteiger partial charge in [-0.25, -0.2) is 18.4 Å². The summed E-state index contributed by atoms with van der Waals surface area (Å²) in [6, 6.07) is 10.7. The van der Waals surface area contributed by atoms with Crippen LogP contribution in [0.4, 0.5) is 14.5 Å². The molecular formula is C16H12F2N4OS. The van der Waals surface area contributed by atoms with Crippen molar-refractivity contribution in [3.05, 3.63) is 66.8 Å². The molecule has 0 aliphatic carbocycles. The van der Waals surface area contributed by atoms with E-state index in [9.17, 15) is 13.6 Å². The Bertz CT molecular complexity index is 855. The Morgan fingerprint density at radius 3 is 2.75 bits per heavy atom. The number of nitrogens with zero attached hydrogens (tertiary/aromatic N) is 3. The van der Waals surface area contributed by atoms with Gasteiger partial charge in [-0.1, -0.05) is 12.1 Å². The molecule has 0 unspecified atom stereocenters. The maximum atomic E-state index is 13.2. The Labute approximate surface area is 140 Å². The van der Waals surface area contributed by atoms with E-state index in [-0.39, 0.29) is 11.7 Å². The van der Waals surface area contributed by atoms with E-state index < -0.39 is 11.6 Å². The molecule has 0 saturated carbocycles. The number of rotatable bonds is 5. The number of hydrogen-bond acceptors (Lipinski definition) is 4. The average molecular weight is 346 g/mol. The molecule has 0 bridgehead atoms. The van der Waals surface area contributed by atoms with Crippen LogP contribution in [-0.4, -0.2) is 26.4 Å². The van der Waals surface area contributed by atoms with Crippen LogP contribution in [0.5, 0.6) is 0 Å². The van der Waals surface area contributed by atoms with Crippen molar-refractivity contribution < 1.29 is 13.6 Å². The molecule has 24 heavy (non-hydrogen) atoms. The van der Waals surface area contributed by atoms with Crippen LogP contribution >= 0.6 is 11.8 Å². The van der Waals surface area contributed by atoms with Gasteiger partial charge in [-0.3, -0.25) is 4.79 Å². The summed E-state index contributed by atoms with van der Waals surface area (Å²) < 4.78 is 27.6. The van der Waals surface area contributed by atoms with Gasteiger partial charge in [-0.2, -0.15) is 5.10 Å². The fourth-order valence-corrected chi connectivity index (χ4v) is 2.73. The molecule has 0 aliphatic rings. The number of halogens is 2. The molecule has 1 amide bonds. The molecule has 0 spiro atoms. The molecule has 0 fully saturated rings. The van der Waals surface area contributed by atoms with Gasteiger partial charge in [-0.05, 0) is 30.3 Å². The van der Waals surface area contributed by atoms with E-state index in [1.165, 1.54) is 23.4 Å². The molecule has 0 atom stereocenters. The summed E-state index contributed by atoms with van der Waals surface area (Å²) in [6.07, 6.45) is 2.93. The molecule has 3 rings (SSSR count). The molecule has 0 aliphatic heterocycles. The number of carbonyl (C=O) groups is 1. The van der Waals surface area contributed by atoms with E-state index >= 15 is 0 Å². The Hall–Kier alpha value is -2.74. The molecule has 1 N–H and O–H groups in total. The lowest BCUT2D eigenvalue weighted by Gasteiger charge is -2.10. The third kappa shape index (κ3) is 3.77. The minimum Gasteiger partial charge on any atom is -0.323 e. The molecule has 1 heterocycles. The molecule has 0 saturated heterocycles. The summed E-state index contributed by atoms with van der Waals surface area (Å²) in [5.74, 6) is -2.05. The molecule has 0 radical (unpaired) electrons. The van der Waals surface area contributed by atoms with Crippen LogP contribution in [-0.2, 0) is 4.79 Å². The SMILES string of the molecule is O=C(CSc1ccc(F)c(F)c1)Nc1ccccc1-n1cncn1. The van der Waals surface area contributed by atoms with Crippen molar-refractivity contribution >= 4 is 23.4 Å². The number of nitrogens with one attached hydrogen (secondary N) is 1. The van der Waals surface area contributed by atoms with E-state index in [0.29, 0.717) is 16.3 Å². The molecular weight excluding hydrogens is 334 g/mol. The second-order valence-corrected chi connectivity index (χ2v) is 5.82. The number of anilines is 1. The molecule has 5 nitrogen and oxygen atoms in total. The third-order valence-corrected chi connectivity index (χ3v) is 4.10. The average Bonchev–Trinajstić information content (AvgIpc) is 3.11. The zero-order chi connectivity index (χ0) is 16.9. The lowest BCUT2D eigenvalue weighted by molar-refractivity contribution is -0.113. The maximum absolute atomic E-state index is 13.2. The predicted octanol–water partition coefficient (Wildman–Crippen LogP) is 3.28. The predicted molar refractivity (Wildman–Crippen MR) is 87.1 cm³/mol. The Balaban J connectivity index is 1.66. The number of aromatic nitrogens is 3. The first-order chi connectivity index (χ1) is 11.6. The summed E-state index contributed by atoms with van der Waals surface area (Å²) in [7, 11) is 0. The van der Waals surface area contributed by atoms with Gasteiger partial charge in [0.1, 0.15) is 12.7 Å². The van der Waals surface area contributed by atoms with Crippen molar-refractivity contribution in [3.63, 3.8) is 0 Å². The highest BCUT2D eigenvalue weighted by Gasteiger charge is 2.10. The van der Waals surface area contributed by atoms with Gasteiger partial charge >= 0.3 is 0 Å². The van der Waals surface area contributed by atoms with Crippen LogP contribution in [0.25, 0.3) is 5.69 Å². The molecule has 122 valence electrons. The van der Waals surface area contributed by atoms with Crippen molar-refractivity contribution in [1.82, 2.24) is 14.8 Å². The van der Waals surface area contributed by atoms with Gasteiger partial charge in [-0.15, -0.1) is 11.8 Å². The van der Waals surface area contributed by atoms with Crippen LogP contribution in [0.2, 0.25) is 0 Å². The Morgan fingerprint density at radius 1 is 1.17 bits per heavy atom. The van der Waals surface area contributed by atoms with Crippen LogP contribution in [0.1, 0.15) is 0 Å². The highest BCUT2D eigenvalue weighted by molar-refractivity contribution is 8.00. The first kappa shape index (κ1) is 16.1.